The molecule has 0 radical (unpaired) electrons. The van der Waals surface area contributed by atoms with Crippen molar-refractivity contribution in [2.24, 2.45) is 0 Å². The fraction of sp³-hybridized carbons (Fsp3) is 0.458. The van der Waals surface area contributed by atoms with Crippen molar-refractivity contribution in [2.75, 3.05) is 24.5 Å². The predicted octanol–water partition coefficient (Wildman–Crippen LogP) is 3.86. The first kappa shape index (κ1) is 20.4. The number of benzene rings is 1. The van der Waals surface area contributed by atoms with Crippen molar-refractivity contribution < 1.29 is 4.79 Å². The molecule has 0 saturated carbocycles. The number of carbonyl (C=O) groups excluding carboxylic acids is 1. The van der Waals surface area contributed by atoms with E-state index in [0.717, 1.165) is 35.4 Å². The van der Waals surface area contributed by atoms with Gasteiger partial charge in [0.05, 0.1) is 12.2 Å². The van der Waals surface area contributed by atoms with E-state index >= 15 is 0 Å². The van der Waals surface area contributed by atoms with Gasteiger partial charge < -0.3 is 15.1 Å². The molecule has 1 amide bonds. The fourth-order valence-corrected chi connectivity index (χ4v) is 6.26. The molecule has 2 fully saturated rings. The molecule has 7 heteroatoms. The van der Waals surface area contributed by atoms with Crippen LogP contribution in [0.4, 0.5) is 5.13 Å². The van der Waals surface area contributed by atoms with Crippen molar-refractivity contribution in [3.8, 4) is 0 Å². The second-order valence-corrected chi connectivity index (χ2v) is 9.24. The van der Waals surface area contributed by atoms with Gasteiger partial charge in [0.2, 0.25) is 0 Å². The summed E-state index contributed by atoms with van der Waals surface area (Å²) in [5.41, 5.74) is 1.73. The van der Waals surface area contributed by atoms with Crippen molar-refractivity contribution in [1.82, 2.24) is 20.2 Å². The van der Waals surface area contributed by atoms with Crippen molar-refractivity contribution >= 4 is 33.1 Å². The number of aromatic nitrogens is 2. The number of fused-ring (bicyclic) bond motifs is 4. The van der Waals surface area contributed by atoms with Crippen LogP contribution in [0.3, 0.4) is 0 Å². The quantitative estimate of drug-likeness (QED) is 0.662. The van der Waals surface area contributed by atoms with Crippen LogP contribution in [0, 0.1) is 0 Å². The van der Waals surface area contributed by atoms with Gasteiger partial charge in [-0.2, -0.15) is 0 Å². The van der Waals surface area contributed by atoms with E-state index in [4.69, 9.17) is 4.98 Å². The molecule has 2 bridgehead atoms. The second-order valence-electron chi connectivity index (χ2n) is 8.17. The molecule has 2 aromatic heterocycles. The van der Waals surface area contributed by atoms with Crippen LogP contribution in [0.2, 0.25) is 0 Å². The fourth-order valence-electron chi connectivity index (χ4n) is 5.00. The summed E-state index contributed by atoms with van der Waals surface area (Å²) in [6.45, 7) is 7.45. The minimum atomic E-state index is 0.0182. The average molecular weight is 436 g/mol. The van der Waals surface area contributed by atoms with E-state index in [9.17, 15) is 4.79 Å². The number of amides is 1. The zero-order valence-corrected chi connectivity index (χ0v) is 19.0. The molecule has 2 atom stereocenters. The largest absolute Gasteiger partial charge is 0.340 e. The normalized spacial score (nSPS) is 22.1. The minimum absolute atomic E-state index is 0.0182. The van der Waals surface area contributed by atoms with Gasteiger partial charge in [-0.15, -0.1) is 0 Å². The maximum Gasteiger partial charge on any atom is 0.273 e. The number of pyridine rings is 1. The Bertz CT molecular complexity index is 1080. The van der Waals surface area contributed by atoms with Gasteiger partial charge in [-0.3, -0.25) is 9.78 Å². The summed E-state index contributed by atoms with van der Waals surface area (Å²) in [4.78, 5) is 28.4. The molecule has 3 aromatic rings. The lowest BCUT2D eigenvalue weighted by Crippen LogP contribution is -2.51. The lowest BCUT2D eigenvalue weighted by molar-refractivity contribution is 0.0732. The molecule has 2 unspecified atom stereocenters. The number of carbonyl (C=O) groups is 1. The Morgan fingerprint density at radius 3 is 2.71 bits per heavy atom. The molecule has 1 aromatic carbocycles. The SMILES string of the molecule is CC.O=C(c1nccc2ccccc12)N1CCc2nc(N3C4CCC3CNC4)sc2C1. The number of nitrogens with zero attached hydrogens (tertiary/aromatic N) is 4. The van der Waals surface area contributed by atoms with Crippen LogP contribution >= 0.6 is 11.3 Å². The van der Waals surface area contributed by atoms with E-state index in [2.05, 4.69) is 15.2 Å². The van der Waals surface area contributed by atoms with Crippen molar-refractivity contribution in [3.63, 3.8) is 0 Å². The molecule has 162 valence electrons. The van der Waals surface area contributed by atoms with Crippen molar-refractivity contribution in [2.45, 2.75) is 51.7 Å². The summed E-state index contributed by atoms with van der Waals surface area (Å²) in [7, 11) is 0. The highest BCUT2D eigenvalue weighted by molar-refractivity contribution is 7.15. The van der Waals surface area contributed by atoms with Crippen LogP contribution in [-0.2, 0) is 13.0 Å². The second kappa shape index (κ2) is 8.55. The molecule has 6 rings (SSSR count). The van der Waals surface area contributed by atoms with E-state index in [1.807, 2.05) is 49.1 Å². The van der Waals surface area contributed by atoms with Gasteiger partial charge in [-0.1, -0.05) is 49.4 Å². The van der Waals surface area contributed by atoms with Crippen LogP contribution in [0.25, 0.3) is 10.8 Å². The molecule has 3 aliphatic rings. The molecule has 31 heavy (non-hydrogen) atoms. The number of anilines is 1. The first-order chi connectivity index (χ1) is 15.3. The predicted molar refractivity (Wildman–Crippen MR) is 126 cm³/mol. The molecular weight excluding hydrogens is 406 g/mol. The minimum Gasteiger partial charge on any atom is -0.340 e. The highest BCUT2D eigenvalue weighted by atomic mass is 32.1. The third kappa shape index (κ3) is 3.59. The standard InChI is InChI=1S/C22H23N5OS.C2H6/c28-21(20-17-4-2-1-3-14(17)7-9-24-20)26-10-8-18-19(13-26)29-22(25-18)27-15-5-6-16(27)12-23-11-15;1-2/h1-4,7,9,15-16,23H,5-6,8,10-13H2;1-2H3. The Balaban J connectivity index is 0.000000994. The zero-order valence-electron chi connectivity index (χ0n) is 18.2. The zero-order chi connectivity index (χ0) is 21.4. The smallest absolute Gasteiger partial charge is 0.273 e. The summed E-state index contributed by atoms with van der Waals surface area (Å²) >= 11 is 1.78. The van der Waals surface area contributed by atoms with Gasteiger partial charge in [0.25, 0.3) is 5.91 Å². The number of thiazole rings is 1. The first-order valence-corrected chi connectivity index (χ1v) is 12.2. The lowest BCUT2D eigenvalue weighted by Gasteiger charge is -2.35. The molecule has 2 saturated heterocycles. The van der Waals surface area contributed by atoms with E-state index in [0.29, 0.717) is 30.9 Å². The third-order valence-electron chi connectivity index (χ3n) is 6.48. The molecule has 6 nitrogen and oxygen atoms in total. The van der Waals surface area contributed by atoms with Gasteiger partial charge in [0.15, 0.2) is 5.13 Å². The van der Waals surface area contributed by atoms with Crippen LogP contribution in [-0.4, -0.2) is 52.5 Å². The Hall–Kier alpha value is -2.51. The highest BCUT2D eigenvalue weighted by Crippen LogP contribution is 2.38. The summed E-state index contributed by atoms with van der Waals surface area (Å²) < 4.78 is 0. The summed E-state index contributed by atoms with van der Waals surface area (Å²) in [6.07, 6.45) is 5.05. The topological polar surface area (TPSA) is 61.4 Å². The van der Waals surface area contributed by atoms with E-state index in [1.54, 1.807) is 17.5 Å². The molecule has 0 spiro atoms. The molecule has 0 aliphatic carbocycles. The van der Waals surface area contributed by atoms with Gasteiger partial charge >= 0.3 is 0 Å². The van der Waals surface area contributed by atoms with Gasteiger partial charge in [-0.25, -0.2) is 4.98 Å². The first-order valence-electron chi connectivity index (χ1n) is 11.4. The Labute approximate surface area is 187 Å². The molecule has 1 N–H and O–H groups in total. The molecule has 3 aliphatic heterocycles. The van der Waals surface area contributed by atoms with Crippen molar-refractivity contribution in [1.29, 1.82) is 0 Å². The van der Waals surface area contributed by atoms with Crippen LogP contribution < -0.4 is 10.2 Å². The maximum absolute atomic E-state index is 13.3. The van der Waals surface area contributed by atoms with E-state index < -0.39 is 0 Å². The third-order valence-corrected chi connectivity index (χ3v) is 7.58. The monoisotopic (exact) mass is 435 g/mol. The highest BCUT2D eigenvalue weighted by Gasteiger charge is 2.39. The van der Waals surface area contributed by atoms with Gasteiger partial charge in [0.1, 0.15) is 5.69 Å². The number of nitrogens with one attached hydrogen (secondary N) is 1. The Kier molecular flexibility index (Phi) is 5.63. The van der Waals surface area contributed by atoms with Crippen LogP contribution in [0.15, 0.2) is 36.5 Å². The lowest BCUT2D eigenvalue weighted by atomic mass is 10.1. The van der Waals surface area contributed by atoms with Crippen molar-refractivity contribution in [3.05, 3.63) is 52.8 Å². The summed E-state index contributed by atoms with van der Waals surface area (Å²) in [5, 5.41) is 6.67. The summed E-state index contributed by atoms with van der Waals surface area (Å²) in [6, 6.07) is 11.1. The number of piperazine rings is 1. The number of hydrogen-bond acceptors (Lipinski definition) is 6. The number of rotatable bonds is 2. The maximum atomic E-state index is 13.3. The van der Waals surface area contributed by atoms with Gasteiger partial charge in [-0.05, 0) is 24.3 Å². The molecular formula is C24H29N5OS. The summed E-state index contributed by atoms with van der Waals surface area (Å²) in [5.74, 6) is 0.0182. The number of hydrogen-bond donors (Lipinski definition) is 1. The Morgan fingerprint density at radius 1 is 1.13 bits per heavy atom. The van der Waals surface area contributed by atoms with E-state index in [1.165, 1.54) is 23.4 Å². The molecule has 5 heterocycles. The average Bonchev–Trinajstić information content (AvgIpc) is 3.35. The van der Waals surface area contributed by atoms with Crippen LogP contribution in [0.1, 0.15) is 47.7 Å². The Morgan fingerprint density at radius 2 is 1.90 bits per heavy atom. The van der Waals surface area contributed by atoms with E-state index in [-0.39, 0.29) is 5.91 Å². The van der Waals surface area contributed by atoms with Crippen LogP contribution in [0.5, 0.6) is 0 Å². The van der Waals surface area contributed by atoms with Gasteiger partial charge in [0, 0.05) is 54.6 Å².